The van der Waals surface area contributed by atoms with E-state index in [1.54, 1.807) is 0 Å². The predicted octanol–water partition coefficient (Wildman–Crippen LogP) is 2.34. The third-order valence-corrected chi connectivity index (χ3v) is 4.86. The van der Waals surface area contributed by atoms with E-state index >= 15 is 0 Å². The Morgan fingerprint density at radius 1 is 1.35 bits per heavy atom. The summed E-state index contributed by atoms with van der Waals surface area (Å²) in [7, 11) is 4.09. The monoisotopic (exact) mass is 379 g/mol. The van der Waals surface area contributed by atoms with Crippen molar-refractivity contribution in [3.63, 3.8) is 0 Å². The highest BCUT2D eigenvalue weighted by Crippen LogP contribution is 2.17. The average Bonchev–Trinajstić information content (AvgIpc) is 2.49. The van der Waals surface area contributed by atoms with Crippen LogP contribution in [0, 0.1) is 0 Å². The van der Waals surface area contributed by atoms with Gasteiger partial charge in [0.15, 0.2) is 0 Å². The van der Waals surface area contributed by atoms with Gasteiger partial charge in [0.2, 0.25) is 5.91 Å². The lowest BCUT2D eigenvalue weighted by Gasteiger charge is -2.26. The van der Waals surface area contributed by atoms with Crippen LogP contribution in [-0.2, 0) is 4.79 Å². The lowest BCUT2D eigenvalue weighted by atomic mass is 10.1. The number of rotatable bonds is 6. The van der Waals surface area contributed by atoms with Crippen LogP contribution in [0.2, 0.25) is 0 Å². The molecule has 2 N–H and O–H groups in total. The van der Waals surface area contributed by atoms with Gasteiger partial charge >= 0.3 is 0 Å². The molecule has 2 rings (SSSR count). The summed E-state index contributed by atoms with van der Waals surface area (Å²) in [5.74, 6) is 2.32. The van der Waals surface area contributed by atoms with Crippen LogP contribution in [0.25, 0.3) is 0 Å². The van der Waals surface area contributed by atoms with E-state index in [1.165, 1.54) is 5.56 Å². The van der Waals surface area contributed by atoms with E-state index in [9.17, 15) is 4.79 Å². The molecule has 0 radical (unpaired) electrons. The molecule has 0 aromatic heterocycles. The summed E-state index contributed by atoms with van der Waals surface area (Å²) in [4.78, 5) is 14.2. The van der Waals surface area contributed by atoms with Crippen molar-refractivity contribution in [3.05, 3.63) is 35.9 Å². The van der Waals surface area contributed by atoms with Crippen molar-refractivity contribution in [2.45, 2.75) is 18.5 Å². The number of hydrogen-bond donors (Lipinski definition) is 2. The van der Waals surface area contributed by atoms with Gasteiger partial charge < -0.3 is 15.5 Å². The number of benzene rings is 1. The fourth-order valence-electron chi connectivity index (χ4n) is 2.53. The van der Waals surface area contributed by atoms with E-state index in [2.05, 4.69) is 27.7 Å². The summed E-state index contributed by atoms with van der Waals surface area (Å²) >= 11 is 1.92. The Bertz CT molecular complexity index is 442. The number of nitrogens with zero attached hydrogens (tertiary/aromatic N) is 1. The second-order valence-corrected chi connectivity index (χ2v) is 6.77. The molecule has 2 atom stereocenters. The van der Waals surface area contributed by atoms with Crippen LogP contribution in [0.1, 0.15) is 18.0 Å². The SMILES string of the molecule is CN(C)C(CNC(=O)CC1CSCCN1)c1ccccc1.Cl.Cl. The van der Waals surface area contributed by atoms with Gasteiger partial charge in [0.1, 0.15) is 0 Å². The van der Waals surface area contributed by atoms with Crippen molar-refractivity contribution >= 4 is 42.5 Å². The minimum absolute atomic E-state index is 0. The van der Waals surface area contributed by atoms with E-state index in [-0.39, 0.29) is 36.8 Å². The standard InChI is InChI=1S/C16H25N3OS.2ClH/c1-19(2)15(13-6-4-3-5-7-13)11-18-16(20)10-14-12-21-9-8-17-14;;/h3-7,14-15,17H,8-12H2,1-2H3,(H,18,20);2*1H. The van der Waals surface area contributed by atoms with Crippen molar-refractivity contribution < 1.29 is 4.79 Å². The molecule has 0 spiro atoms. The highest BCUT2D eigenvalue weighted by Gasteiger charge is 2.19. The number of nitrogens with one attached hydrogen (secondary N) is 2. The fraction of sp³-hybridized carbons (Fsp3) is 0.562. The van der Waals surface area contributed by atoms with Gasteiger partial charge in [0.25, 0.3) is 0 Å². The number of carbonyl (C=O) groups is 1. The number of hydrogen-bond acceptors (Lipinski definition) is 4. The lowest BCUT2D eigenvalue weighted by molar-refractivity contribution is -0.121. The minimum Gasteiger partial charge on any atom is -0.354 e. The van der Waals surface area contributed by atoms with Gasteiger partial charge in [-0.1, -0.05) is 30.3 Å². The largest absolute Gasteiger partial charge is 0.354 e. The van der Waals surface area contributed by atoms with Crippen LogP contribution in [0.3, 0.4) is 0 Å². The fourth-order valence-corrected chi connectivity index (χ4v) is 3.48. The van der Waals surface area contributed by atoms with Gasteiger partial charge in [-0.15, -0.1) is 24.8 Å². The highest BCUT2D eigenvalue weighted by atomic mass is 35.5. The summed E-state index contributed by atoms with van der Waals surface area (Å²) in [6.45, 7) is 1.66. The van der Waals surface area contributed by atoms with E-state index in [0.717, 1.165) is 18.1 Å². The topological polar surface area (TPSA) is 44.4 Å². The average molecular weight is 380 g/mol. The van der Waals surface area contributed by atoms with Gasteiger partial charge in [-0.2, -0.15) is 11.8 Å². The third-order valence-electron chi connectivity index (χ3n) is 3.73. The zero-order chi connectivity index (χ0) is 15.1. The van der Waals surface area contributed by atoms with Crippen LogP contribution in [0.4, 0.5) is 0 Å². The molecule has 1 aliphatic heterocycles. The number of likely N-dealkylation sites (N-methyl/N-ethyl adjacent to an activating group) is 1. The smallest absolute Gasteiger partial charge is 0.221 e. The van der Waals surface area contributed by atoms with Gasteiger partial charge in [0.05, 0.1) is 6.04 Å². The normalized spacial score (nSPS) is 18.5. The Morgan fingerprint density at radius 3 is 2.61 bits per heavy atom. The Kier molecular flexibility index (Phi) is 11.7. The van der Waals surface area contributed by atoms with Crippen molar-refractivity contribution in [2.75, 3.05) is 38.7 Å². The van der Waals surface area contributed by atoms with Gasteiger partial charge in [-0.3, -0.25) is 4.79 Å². The van der Waals surface area contributed by atoms with E-state index in [1.807, 2.05) is 44.1 Å². The summed E-state index contributed by atoms with van der Waals surface area (Å²) < 4.78 is 0. The minimum atomic E-state index is 0. The van der Waals surface area contributed by atoms with E-state index in [4.69, 9.17) is 0 Å². The van der Waals surface area contributed by atoms with Crippen LogP contribution in [0.5, 0.6) is 0 Å². The van der Waals surface area contributed by atoms with Gasteiger partial charge in [-0.25, -0.2) is 0 Å². The van der Waals surface area contributed by atoms with Gasteiger partial charge in [-0.05, 0) is 19.7 Å². The zero-order valence-electron chi connectivity index (χ0n) is 13.7. The Balaban J connectivity index is 0.00000242. The van der Waals surface area contributed by atoms with Crippen LogP contribution >= 0.6 is 36.6 Å². The predicted molar refractivity (Wildman–Crippen MR) is 104 cm³/mol. The summed E-state index contributed by atoms with van der Waals surface area (Å²) in [6, 6.07) is 10.8. The lowest BCUT2D eigenvalue weighted by Crippen LogP contribution is -2.42. The molecule has 0 aliphatic carbocycles. The molecule has 1 fully saturated rings. The molecule has 132 valence electrons. The van der Waals surface area contributed by atoms with Gasteiger partial charge in [0, 0.05) is 37.1 Å². The summed E-state index contributed by atoms with van der Waals surface area (Å²) in [5, 5.41) is 6.48. The molecule has 4 nitrogen and oxygen atoms in total. The molecular formula is C16H27Cl2N3OS. The van der Waals surface area contributed by atoms with Crippen molar-refractivity contribution in [1.29, 1.82) is 0 Å². The molecule has 23 heavy (non-hydrogen) atoms. The Morgan fingerprint density at radius 2 is 2.04 bits per heavy atom. The number of amides is 1. The van der Waals surface area contributed by atoms with Crippen LogP contribution < -0.4 is 10.6 Å². The molecule has 1 amide bonds. The Hall–Kier alpha value is -0.460. The third kappa shape index (κ3) is 7.77. The summed E-state index contributed by atoms with van der Waals surface area (Å²) in [6.07, 6.45) is 0.571. The quantitative estimate of drug-likeness (QED) is 0.795. The molecule has 1 saturated heterocycles. The molecular weight excluding hydrogens is 353 g/mol. The first kappa shape index (κ1) is 22.5. The highest BCUT2D eigenvalue weighted by molar-refractivity contribution is 7.99. The first-order valence-corrected chi connectivity index (χ1v) is 8.61. The second kappa shape index (κ2) is 12.0. The van der Waals surface area contributed by atoms with E-state index < -0.39 is 0 Å². The number of thioether (sulfide) groups is 1. The molecule has 7 heteroatoms. The van der Waals surface area contributed by atoms with Crippen LogP contribution in [0.15, 0.2) is 30.3 Å². The first-order chi connectivity index (χ1) is 10.2. The molecule has 1 aromatic carbocycles. The zero-order valence-corrected chi connectivity index (χ0v) is 16.1. The molecule has 1 heterocycles. The first-order valence-electron chi connectivity index (χ1n) is 7.46. The maximum absolute atomic E-state index is 12.1. The van der Waals surface area contributed by atoms with Crippen molar-refractivity contribution in [2.24, 2.45) is 0 Å². The molecule has 1 aromatic rings. The Labute approximate surface area is 156 Å². The molecule has 0 saturated carbocycles. The van der Waals surface area contributed by atoms with E-state index in [0.29, 0.717) is 19.0 Å². The number of carbonyl (C=O) groups excluding carboxylic acids is 1. The van der Waals surface area contributed by atoms with Crippen molar-refractivity contribution in [1.82, 2.24) is 15.5 Å². The second-order valence-electron chi connectivity index (χ2n) is 5.62. The maximum Gasteiger partial charge on any atom is 0.221 e. The van der Waals surface area contributed by atoms with Crippen LogP contribution in [-0.4, -0.2) is 55.5 Å². The molecule has 0 bridgehead atoms. The van der Waals surface area contributed by atoms with Crippen molar-refractivity contribution in [3.8, 4) is 0 Å². The molecule has 1 aliphatic rings. The number of halogens is 2. The maximum atomic E-state index is 12.1. The molecule has 2 unspecified atom stereocenters. The summed E-state index contributed by atoms with van der Waals surface area (Å²) in [5.41, 5.74) is 1.23.